The van der Waals surface area contributed by atoms with Crippen LogP contribution in [0.15, 0.2) is 50.7 Å². The van der Waals surface area contributed by atoms with E-state index in [2.05, 4.69) is 38.9 Å². The smallest absolute Gasteiger partial charge is 0.329 e. The Kier molecular flexibility index (Phi) is 9.06. The minimum Gasteiger partial charge on any atom is -0.480 e. The van der Waals surface area contributed by atoms with Gasteiger partial charge in [0.15, 0.2) is 11.7 Å². The number of ketones is 1. The van der Waals surface area contributed by atoms with E-state index in [0.29, 0.717) is 23.9 Å². The molecule has 2 fully saturated rings. The first-order valence-corrected chi connectivity index (χ1v) is 15.0. The second kappa shape index (κ2) is 12.9. The average molecular weight is 577 g/mol. The molecule has 1 aromatic heterocycles. The van der Waals surface area contributed by atoms with E-state index in [0.717, 1.165) is 76.9 Å². The fraction of sp³-hybridized carbons (Fsp3) is 0.516. The molecule has 1 atom stereocenters. The van der Waals surface area contributed by atoms with E-state index in [-0.39, 0.29) is 17.3 Å². The summed E-state index contributed by atoms with van der Waals surface area (Å²) in [6.07, 6.45) is 6.67. The first-order chi connectivity index (χ1) is 20.2. The molecule has 42 heavy (non-hydrogen) atoms. The SMILES string of the molecule is CCc1cc(Nc2cc(=O)n(CCCCCN3CCN(C4=CC(=O)C(C(=O)O)C(C5CC5)=N4)CC3)c(=O)[nH]2)ccc1C. The highest BCUT2D eigenvalue weighted by molar-refractivity contribution is 6.24. The number of aryl methyl sites for hydroxylation is 2. The van der Waals surface area contributed by atoms with Crippen LogP contribution in [0.25, 0.3) is 0 Å². The lowest BCUT2D eigenvalue weighted by molar-refractivity contribution is -0.142. The Bertz CT molecular complexity index is 1480. The Morgan fingerprint density at radius 3 is 2.45 bits per heavy atom. The van der Waals surface area contributed by atoms with E-state index in [1.54, 1.807) is 0 Å². The van der Waals surface area contributed by atoms with Crippen LogP contribution in [0.5, 0.6) is 0 Å². The number of nitrogens with zero attached hydrogens (tertiary/aromatic N) is 4. The predicted octanol–water partition coefficient (Wildman–Crippen LogP) is 2.91. The average Bonchev–Trinajstić information content (AvgIpc) is 3.80. The molecule has 1 aliphatic carbocycles. The maximum atomic E-state index is 12.7. The highest BCUT2D eigenvalue weighted by Gasteiger charge is 2.42. The number of H-pyrrole nitrogens is 1. The molecule has 11 heteroatoms. The third-order valence-electron chi connectivity index (χ3n) is 8.42. The summed E-state index contributed by atoms with van der Waals surface area (Å²) in [7, 11) is 0. The number of hydrogen-bond donors (Lipinski definition) is 3. The predicted molar refractivity (Wildman–Crippen MR) is 161 cm³/mol. The van der Waals surface area contributed by atoms with Crippen molar-refractivity contribution in [3.8, 4) is 0 Å². The maximum absolute atomic E-state index is 12.7. The number of hydrogen-bond acceptors (Lipinski definition) is 8. The van der Waals surface area contributed by atoms with Gasteiger partial charge < -0.3 is 15.3 Å². The van der Waals surface area contributed by atoms with E-state index >= 15 is 0 Å². The first-order valence-electron chi connectivity index (χ1n) is 15.0. The molecule has 0 spiro atoms. The third kappa shape index (κ3) is 6.89. The zero-order valence-corrected chi connectivity index (χ0v) is 24.4. The second-order valence-electron chi connectivity index (χ2n) is 11.5. The van der Waals surface area contributed by atoms with Crippen molar-refractivity contribution in [1.82, 2.24) is 19.4 Å². The van der Waals surface area contributed by atoms with Gasteiger partial charge in [0.1, 0.15) is 11.6 Å². The van der Waals surface area contributed by atoms with Crippen LogP contribution in [0.1, 0.15) is 50.2 Å². The van der Waals surface area contributed by atoms with Crippen molar-refractivity contribution >= 4 is 29.0 Å². The molecule has 11 nitrogen and oxygen atoms in total. The molecule has 3 aliphatic rings. The van der Waals surface area contributed by atoms with Crippen LogP contribution in [0.3, 0.4) is 0 Å². The summed E-state index contributed by atoms with van der Waals surface area (Å²) < 4.78 is 1.25. The molecule has 3 heterocycles. The summed E-state index contributed by atoms with van der Waals surface area (Å²) in [5.41, 5.74) is 3.03. The number of anilines is 2. The van der Waals surface area contributed by atoms with Crippen LogP contribution in [0, 0.1) is 18.8 Å². The van der Waals surface area contributed by atoms with E-state index in [9.17, 15) is 24.3 Å². The molecule has 1 aromatic carbocycles. The minimum atomic E-state index is -1.13. The lowest BCUT2D eigenvalue weighted by Crippen LogP contribution is -2.47. The molecule has 0 bridgehead atoms. The Balaban J connectivity index is 1.05. The maximum Gasteiger partial charge on any atom is 0.329 e. The normalized spacial score (nSPS) is 19.4. The summed E-state index contributed by atoms with van der Waals surface area (Å²) in [4.78, 5) is 61.3. The van der Waals surface area contributed by atoms with E-state index in [1.807, 2.05) is 18.2 Å². The van der Waals surface area contributed by atoms with Gasteiger partial charge in [-0.25, -0.2) is 9.79 Å². The largest absolute Gasteiger partial charge is 0.480 e. The molecule has 3 N–H and O–H groups in total. The summed E-state index contributed by atoms with van der Waals surface area (Å²) in [5, 5.41) is 12.6. The van der Waals surface area contributed by atoms with Crippen LogP contribution in [0.4, 0.5) is 11.5 Å². The number of carbonyl (C=O) groups excluding carboxylic acids is 1. The van der Waals surface area contributed by atoms with E-state index in [4.69, 9.17) is 0 Å². The molecular weight excluding hydrogens is 536 g/mol. The number of carbonyl (C=O) groups is 2. The topological polar surface area (TPSA) is 140 Å². The van der Waals surface area contributed by atoms with Crippen LogP contribution in [0.2, 0.25) is 0 Å². The van der Waals surface area contributed by atoms with Crippen molar-refractivity contribution in [3.05, 3.63) is 68.1 Å². The number of benzene rings is 1. The van der Waals surface area contributed by atoms with Gasteiger partial charge in [-0.1, -0.05) is 19.4 Å². The van der Waals surface area contributed by atoms with Gasteiger partial charge in [-0.2, -0.15) is 0 Å². The van der Waals surface area contributed by atoms with Gasteiger partial charge in [0.25, 0.3) is 5.56 Å². The second-order valence-corrected chi connectivity index (χ2v) is 11.5. The molecule has 2 aliphatic heterocycles. The number of rotatable bonds is 12. The van der Waals surface area contributed by atoms with Gasteiger partial charge in [0.2, 0.25) is 0 Å². The molecule has 2 aromatic rings. The fourth-order valence-corrected chi connectivity index (χ4v) is 5.77. The van der Waals surface area contributed by atoms with Gasteiger partial charge in [-0.3, -0.25) is 28.8 Å². The molecule has 1 unspecified atom stereocenters. The zero-order valence-electron chi connectivity index (χ0n) is 24.4. The molecule has 1 saturated carbocycles. The van der Waals surface area contributed by atoms with Crippen molar-refractivity contribution in [2.75, 3.05) is 38.0 Å². The number of carboxylic acids is 1. The third-order valence-corrected chi connectivity index (χ3v) is 8.42. The number of aromatic nitrogens is 2. The number of nitrogens with one attached hydrogen (secondary N) is 2. The number of allylic oxidation sites excluding steroid dienone is 1. The lowest BCUT2D eigenvalue weighted by Gasteiger charge is -2.37. The molecule has 0 amide bonds. The Morgan fingerprint density at radius 2 is 1.79 bits per heavy atom. The number of aliphatic carboxylic acids is 1. The van der Waals surface area contributed by atoms with Gasteiger partial charge in [-0.15, -0.1) is 0 Å². The number of unbranched alkanes of at least 4 members (excludes halogenated alkanes) is 2. The van der Waals surface area contributed by atoms with Crippen molar-refractivity contribution < 1.29 is 14.7 Å². The van der Waals surface area contributed by atoms with Crippen molar-refractivity contribution in [1.29, 1.82) is 0 Å². The molecule has 0 radical (unpaired) electrons. The summed E-state index contributed by atoms with van der Waals surface area (Å²) >= 11 is 0. The number of piperazine rings is 1. The quantitative estimate of drug-likeness (QED) is 0.259. The molecule has 5 rings (SSSR count). The summed E-state index contributed by atoms with van der Waals surface area (Å²) in [6.45, 7) is 8.55. The standard InChI is InChI=1S/C31H40N6O5/c1-3-21-17-23(10-7-20(21)2)32-25-19-27(39)37(31(42)33-25)12-6-4-5-11-35-13-15-36(16-14-35)26-18-24(38)28(30(40)41)29(34-26)22-8-9-22/h7,10,17-19,22,28,32H,3-6,8-9,11-16H2,1-2H3,(H,33,42)(H,40,41). The van der Waals surface area contributed by atoms with Gasteiger partial charge in [0, 0.05) is 56.3 Å². The number of carboxylic acid groups (broad SMARTS) is 1. The van der Waals surface area contributed by atoms with Crippen LogP contribution < -0.4 is 16.6 Å². The highest BCUT2D eigenvalue weighted by atomic mass is 16.4. The Labute approximate surface area is 244 Å². The summed E-state index contributed by atoms with van der Waals surface area (Å²) in [5.74, 6) is -1.52. The number of aromatic amines is 1. The summed E-state index contributed by atoms with van der Waals surface area (Å²) in [6, 6.07) is 7.42. The first kappa shape index (κ1) is 29.5. The lowest BCUT2D eigenvalue weighted by atomic mass is 9.92. The minimum absolute atomic E-state index is 0.119. The van der Waals surface area contributed by atoms with Gasteiger partial charge in [0.05, 0.1) is 0 Å². The van der Waals surface area contributed by atoms with Crippen LogP contribution in [-0.2, 0) is 22.6 Å². The Morgan fingerprint density at radius 1 is 1.05 bits per heavy atom. The Hall–Kier alpha value is -3.99. The highest BCUT2D eigenvalue weighted by Crippen LogP contribution is 2.36. The van der Waals surface area contributed by atoms with Gasteiger partial charge in [-0.05, 0) is 74.8 Å². The number of aliphatic imine (C=N–C) groups is 1. The molecule has 224 valence electrons. The monoisotopic (exact) mass is 576 g/mol. The van der Waals surface area contributed by atoms with Crippen LogP contribution >= 0.6 is 0 Å². The van der Waals surface area contributed by atoms with E-state index in [1.165, 1.54) is 27.8 Å². The zero-order chi connectivity index (χ0) is 29.8. The van der Waals surface area contributed by atoms with Crippen molar-refractivity contribution in [2.24, 2.45) is 16.8 Å². The fourth-order valence-electron chi connectivity index (χ4n) is 5.77. The van der Waals surface area contributed by atoms with Crippen molar-refractivity contribution in [2.45, 2.75) is 58.9 Å². The van der Waals surface area contributed by atoms with E-state index < -0.39 is 17.6 Å². The van der Waals surface area contributed by atoms with Gasteiger partial charge >= 0.3 is 11.7 Å². The van der Waals surface area contributed by atoms with Crippen molar-refractivity contribution in [3.63, 3.8) is 0 Å². The van der Waals surface area contributed by atoms with Crippen LogP contribution in [-0.4, -0.2) is 74.6 Å². The molecule has 1 saturated heterocycles. The molecular formula is C31H40N6O5.